The molecule has 0 spiro atoms. The lowest BCUT2D eigenvalue weighted by Crippen LogP contribution is -2.40. The maximum Gasteiger partial charge on any atom is 0.239 e. The second-order valence-electron chi connectivity index (χ2n) is 5.63. The van der Waals surface area contributed by atoms with Gasteiger partial charge in [0.25, 0.3) is 0 Å². The molecule has 1 fully saturated rings. The molecule has 0 aromatic carbocycles. The second kappa shape index (κ2) is 6.56. The van der Waals surface area contributed by atoms with Crippen LogP contribution in [0.15, 0.2) is 0 Å². The molecule has 2 rings (SSSR count). The maximum absolute atomic E-state index is 12.2. The van der Waals surface area contributed by atoms with Crippen molar-refractivity contribution in [1.29, 1.82) is 5.26 Å². The molecule has 0 aliphatic carbocycles. The van der Waals surface area contributed by atoms with Crippen molar-refractivity contribution in [2.75, 3.05) is 25.0 Å². The fourth-order valence-corrected chi connectivity index (χ4v) is 3.81. The van der Waals surface area contributed by atoms with Crippen LogP contribution in [0.1, 0.15) is 29.3 Å². The van der Waals surface area contributed by atoms with Crippen LogP contribution in [0.4, 0.5) is 5.00 Å². The molecule has 0 saturated carbocycles. The number of nitriles is 1. The Balaban J connectivity index is 2.03. The Morgan fingerprint density at radius 3 is 2.90 bits per heavy atom. The number of nitrogens with zero attached hydrogens (tertiary/aromatic N) is 2. The van der Waals surface area contributed by atoms with Crippen LogP contribution >= 0.6 is 11.3 Å². The topological polar surface area (TPSA) is 76.4 Å². The minimum absolute atomic E-state index is 0.0537. The highest BCUT2D eigenvalue weighted by molar-refractivity contribution is 7.16. The number of likely N-dealkylation sites (tertiary alicyclic amines) is 1. The summed E-state index contributed by atoms with van der Waals surface area (Å²) in [6.07, 6.45) is 0.999. The van der Waals surface area contributed by atoms with Gasteiger partial charge in [0.2, 0.25) is 5.91 Å². The predicted molar refractivity (Wildman–Crippen MR) is 83.4 cm³/mol. The molecule has 2 heterocycles. The summed E-state index contributed by atoms with van der Waals surface area (Å²) in [5.41, 5.74) is 1.49. The average Bonchev–Trinajstić information content (AvgIpc) is 2.91. The number of hydrogen-bond acceptors (Lipinski definition) is 5. The van der Waals surface area contributed by atoms with Crippen molar-refractivity contribution in [2.24, 2.45) is 5.92 Å². The molecule has 2 N–H and O–H groups in total. The molecule has 1 aliphatic heterocycles. The molecule has 1 aliphatic rings. The van der Waals surface area contributed by atoms with Crippen molar-refractivity contribution in [1.82, 2.24) is 4.90 Å². The number of rotatable bonds is 4. The van der Waals surface area contributed by atoms with Crippen LogP contribution in [-0.2, 0) is 4.79 Å². The molecule has 0 radical (unpaired) electrons. The summed E-state index contributed by atoms with van der Waals surface area (Å²) in [5, 5.41) is 22.1. The van der Waals surface area contributed by atoms with Gasteiger partial charge < -0.3 is 10.4 Å². The van der Waals surface area contributed by atoms with E-state index in [1.165, 1.54) is 11.3 Å². The lowest BCUT2D eigenvalue weighted by atomic mass is 10.0. The SMILES string of the molecule is Cc1sc(NC(=O)CN2CCC(C)C2CO)c(C#N)c1C. The molecule has 5 nitrogen and oxygen atoms in total. The predicted octanol–water partition coefficient (Wildman–Crippen LogP) is 1.88. The van der Waals surface area contributed by atoms with Gasteiger partial charge in [-0.2, -0.15) is 5.26 Å². The first-order chi connectivity index (χ1) is 9.97. The number of amides is 1. The first-order valence-corrected chi connectivity index (χ1v) is 7.94. The summed E-state index contributed by atoms with van der Waals surface area (Å²) >= 11 is 1.44. The zero-order valence-corrected chi connectivity index (χ0v) is 13.5. The maximum atomic E-state index is 12.2. The number of thiophene rings is 1. The number of carbonyl (C=O) groups excluding carboxylic acids is 1. The standard InChI is InChI=1S/C15H21N3O2S/c1-9-4-5-18(13(9)8-19)7-14(20)17-15-12(6-16)10(2)11(3)21-15/h9,13,19H,4-5,7-8H2,1-3H3,(H,17,20). The monoisotopic (exact) mass is 307 g/mol. The van der Waals surface area contributed by atoms with Crippen molar-refractivity contribution < 1.29 is 9.90 Å². The molecule has 1 aromatic rings. The van der Waals surface area contributed by atoms with Crippen LogP contribution < -0.4 is 5.32 Å². The number of aryl methyl sites for hydroxylation is 1. The Labute approximate surface area is 129 Å². The van der Waals surface area contributed by atoms with Gasteiger partial charge in [0.05, 0.1) is 18.7 Å². The van der Waals surface area contributed by atoms with Crippen molar-refractivity contribution in [3.8, 4) is 6.07 Å². The van der Waals surface area contributed by atoms with Gasteiger partial charge in [-0.3, -0.25) is 9.69 Å². The molecule has 2 unspecified atom stereocenters. The fourth-order valence-electron chi connectivity index (χ4n) is 2.78. The van der Waals surface area contributed by atoms with Crippen LogP contribution in [0.2, 0.25) is 0 Å². The van der Waals surface area contributed by atoms with E-state index in [9.17, 15) is 15.2 Å². The number of hydrogen-bond donors (Lipinski definition) is 2. The fraction of sp³-hybridized carbons (Fsp3) is 0.600. The van der Waals surface area contributed by atoms with Crippen molar-refractivity contribution in [3.05, 3.63) is 16.0 Å². The molecular formula is C15H21N3O2S. The van der Waals surface area contributed by atoms with Gasteiger partial charge in [-0.15, -0.1) is 11.3 Å². The molecule has 1 saturated heterocycles. The van der Waals surface area contributed by atoms with E-state index in [4.69, 9.17) is 0 Å². The molecule has 2 atom stereocenters. The van der Waals surface area contributed by atoms with E-state index in [2.05, 4.69) is 18.3 Å². The molecule has 1 aromatic heterocycles. The van der Waals surface area contributed by atoms with E-state index in [0.29, 0.717) is 16.5 Å². The number of aliphatic hydroxyl groups is 1. The first-order valence-electron chi connectivity index (χ1n) is 7.12. The van der Waals surface area contributed by atoms with Crippen molar-refractivity contribution >= 4 is 22.2 Å². The Morgan fingerprint density at radius 2 is 2.29 bits per heavy atom. The van der Waals surface area contributed by atoms with E-state index in [0.717, 1.165) is 23.4 Å². The quantitative estimate of drug-likeness (QED) is 0.890. The minimum Gasteiger partial charge on any atom is -0.395 e. The Kier molecular flexibility index (Phi) is 4.99. The van der Waals surface area contributed by atoms with Gasteiger partial charge in [0, 0.05) is 10.9 Å². The molecular weight excluding hydrogens is 286 g/mol. The Morgan fingerprint density at radius 1 is 1.57 bits per heavy atom. The van der Waals surface area contributed by atoms with Gasteiger partial charge >= 0.3 is 0 Å². The van der Waals surface area contributed by atoms with Crippen LogP contribution in [-0.4, -0.2) is 41.7 Å². The van der Waals surface area contributed by atoms with Crippen LogP contribution in [0.5, 0.6) is 0 Å². The van der Waals surface area contributed by atoms with Crippen molar-refractivity contribution in [3.63, 3.8) is 0 Å². The third kappa shape index (κ3) is 3.26. The molecule has 1 amide bonds. The van der Waals surface area contributed by atoms with Crippen LogP contribution in [0, 0.1) is 31.1 Å². The average molecular weight is 307 g/mol. The lowest BCUT2D eigenvalue weighted by Gasteiger charge is -2.24. The molecule has 114 valence electrons. The normalized spacial score (nSPS) is 22.2. The van der Waals surface area contributed by atoms with Crippen molar-refractivity contribution in [2.45, 2.75) is 33.2 Å². The zero-order valence-electron chi connectivity index (χ0n) is 12.6. The third-order valence-electron chi connectivity index (χ3n) is 4.28. The van der Waals surface area contributed by atoms with Gasteiger partial charge in [-0.1, -0.05) is 6.92 Å². The highest BCUT2D eigenvalue weighted by Crippen LogP contribution is 2.31. The van der Waals surface area contributed by atoms with Gasteiger partial charge in [0.1, 0.15) is 11.1 Å². The number of aliphatic hydroxyl groups excluding tert-OH is 1. The molecule has 6 heteroatoms. The zero-order chi connectivity index (χ0) is 15.6. The highest BCUT2D eigenvalue weighted by Gasteiger charge is 2.31. The summed E-state index contributed by atoms with van der Waals surface area (Å²) in [7, 11) is 0. The largest absolute Gasteiger partial charge is 0.395 e. The lowest BCUT2D eigenvalue weighted by molar-refractivity contribution is -0.117. The Bertz CT molecular complexity index is 576. The van der Waals surface area contributed by atoms with Gasteiger partial charge in [0.15, 0.2) is 0 Å². The van der Waals surface area contributed by atoms with Gasteiger partial charge in [-0.05, 0) is 38.3 Å². The van der Waals surface area contributed by atoms with E-state index < -0.39 is 0 Å². The minimum atomic E-state index is -0.125. The summed E-state index contributed by atoms with van der Waals surface area (Å²) in [6, 6.07) is 2.21. The number of anilines is 1. The Hall–Kier alpha value is -1.42. The number of carbonyl (C=O) groups is 1. The second-order valence-corrected chi connectivity index (χ2v) is 6.86. The third-order valence-corrected chi connectivity index (χ3v) is 5.40. The van der Waals surface area contributed by atoms with Crippen LogP contribution in [0.3, 0.4) is 0 Å². The summed E-state index contributed by atoms with van der Waals surface area (Å²) in [6.45, 7) is 7.10. The summed E-state index contributed by atoms with van der Waals surface area (Å²) in [5.74, 6) is 0.281. The molecule has 21 heavy (non-hydrogen) atoms. The highest BCUT2D eigenvalue weighted by atomic mass is 32.1. The van der Waals surface area contributed by atoms with Gasteiger partial charge in [-0.25, -0.2) is 0 Å². The van der Waals surface area contributed by atoms with E-state index in [1.54, 1.807) is 0 Å². The number of nitrogens with one attached hydrogen (secondary N) is 1. The van der Waals surface area contributed by atoms with E-state index in [1.807, 2.05) is 18.7 Å². The summed E-state index contributed by atoms with van der Waals surface area (Å²) in [4.78, 5) is 15.2. The van der Waals surface area contributed by atoms with E-state index in [-0.39, 0.29) is 25.1 Å². The van der Waals surface area contributed by atoms with Crippen LogP contribution in [0.25, 0.3) is 0 Å². The summed E-state index contributed by atoms with van der Waals surface area (Å²) < 4.78 is 0. The van der Waals surface area contributed by atoms with E-state index >= 15 is 0 Å². The first kappa shape index (κ1) is 16.0. The molecule has 0 bridgehead atoms. The smallest absolute Gasteiger partial charge is 0.239 e.